The molecule has 2 aliphatic heterocycles. The van der Waals surface area contributed by atoms with Crippen molar-refractivity contribution in [3.8, 4) is 0 Å². The average molecular weight is 520 g/mol. The van der Waals surface area contributed by atoms with Gasteiger partial charge < -0.3 is 14.1 Å². The van der Waals surface area contributed by atoms with Crippen molar-refractivity contribution in [2.75, 3.05) is 23.5 Å². The van der Waals surface area contributed by atoms with Gasteiger partial charge in [0.2, 0.25) is 5.76 Å². The Kier molecular flexibility index (Phi) is 4.86. The highest BCUT2D eigenvalue weighted by molar-refractivity contribution is 7.17. The van der Waals surface area contributed by atoms with Crippen LogP contribution in [0.25, 0.3) is 11.0 Å². The summed E-state index contributed by atoms with van der Waals surface area (Å²) in [7, 11) is 1.22. The first-order chi connectivity index (χ1) is 17.7. The fourth-order valence-corrected chi connectivity index (χ4v) is 6.25. The van der Waals surface area contributed by atoms with Crippen LogP contribution in [-0.4, -0.2) is 36.4 Å². The molecule has 1 atom stereocenters. The minimum Gasteiger partial charge on any atom is -0.465 e. The van der Waals surface area contributed by atoms with E-state index in [2.05, 4.69) is 4.98 Å². The number of hydrogen-bond donors (Lipinski definition) is 0. The second kappa shape index (κ2) is 7.81. The number of halogens is 1. The van der Waals surface area contributed by atoms with Gasteiger partial charge in [0.1, 0.15) is 16.3 Å². The van der Waals surface area contributed by atoms with Crippen LogP contribution in [0, 0.1) is 12.7 Å². The summed E-state index contributed by atoms with van der Waals surface area (Å²) >= 11 is 0.868. The Bertz CT molecular complexity index is 1740. The molecule has 4 heterocycles. The normalized spacial score (nSPS) is 18.2. The zero-order valence-corrected chi connectivity index (χ0v) is 20.6. The zero-order valence-electron chi connectivity index (χ0n) is 19.8. The van der Waals surface area contributed by atoms with Gasteiger partial charge in [-0.3, -0.25) is 19.3 Å². The van der Waals surface area contributed by atoms with Crippen molar-refractivity contribution in [1.82, 2.24) is 4.98 Å². The smallest absolute Gasteiger partial charge is 0.350 e. The summed E-state index contributed by atoms with van der Waals surface area (Å²) in [5, 5.41) is -0.0800. The quantitative estimate of drug-likeness (QED) is 0.379. The Hall–Kier alpha value is -4.38. The lowest BCUT2D eigenvalue weighted by Gasteiger charge is -2.32. The lowest BCUT2D eigenvalue weighted by molar-refractivity contribution is -0.121. The number of ether oxygens (including phenoxy) is 1. The third-order valence-electron chi connectivity index (χ3n) is 6.75. The van der Waals surface area contributed by atoms with Gasteiger partial charge in [-0.2, -0.15) is 0 Å². The Labute approximate surface area is 212 Å². The molecule has 1 unspecified atom stereocenters. The fourth-order valence-electron chi connectivity index (χ4n) is 5.21. The van der Waals surface area contributed by atoms with Gasteiger partial charge in [-0.05, 0) is 38.1 Å². The summed E-state index contributed by atoms with van der Waals surface area (Å²) in [5.41, 5.74) is -1.68. The summed E-state index contributed by atoms with van der Waals surface area (Å²) < 4.78 is 24.9. The first-order valence-corrected chi connectivity index (χ1v) is 12.2. The third kappa shape index (κ3) is 2.80. The van der Waals surface area contributed by atoms with E-state index in [0.29, 0.717) is 16.9 Å². The maximum atomic E-state index is 14.3. The van der Waals surface area contributed by atoms with E-state index in [9.17, 15) is 23.6 Å². The number of benzene rings is 2. The molecule has 0 bridgehead atoms. The maximum absolute atomic E-state index is 14.3. The summed E-state index contributed by atoms with van der Waals surface area (Å²) in [6.45, 7) is 3.61. The number of anilines is 2. The summed E-state index contributed by atoms with van der Waals surface area (Å²) in [5.74, 6) is -2.98. The molecule has 0 fully saturated rings. The summed E-state index contributed by atoms with van der Waals surface area (Å²) in [6, 6.07) is 10.2. The predicted molar refractivity (Wildman–Crippen MR) is 133 cm³/mol. The number of hydrogen-bond acceptors (Lipinski definition) is 8. The minimum absolute atomic E-state index is 0.00662. The Morgan fingerprint density at radius 2 is 1.95 bits per heavy atom. The van der Waals surface area contributed by atoms with Crippen molar-refractivity contribution in [2.45, 2.75) is 19.4 Å². The molecule has 1 spiro atoms. The van der Waals surface area contributed by atoms with Crippen molar-refractivity contribution < 1.29 is 27.9 Å². The van der Waals surface area contributed by atoms with Crippen LogP contribution >= 0.6 is 11.3 Å². The number of nitrogens with zero attached hydrogens (tertiary/aromatic N) is 3. The molecule has 0 radical (unpaired) electrons. The van der Waals surface area contributed by atoms with E-state index in [1.165, 1.54) is 18.1 Å². The molecule has 11 heteroatoms. The first kappa shape index (κ1) is 23.0. The first-order valence-electron chi connectivity index (χ1n) is 11.3. The number of amides is 2. The number of para-hydroxylation sites is 1. The van der Waals surface area contributed by atoms with Crippen LogP contribution in [-0.2, 0) is 15.1 Å². The van der Waals surface area contributed by atoms with Gasteiger partial charge >= 0.3 is 5.97 Å². The molecule has 6 rings (SSSR count). The number of aromatic nitrogens is 1. The van der Waals surface area contributed by atoms with Crippen LogP contribution < -0.4 is 15.2 Å². The van der Waals surface area contributed by atoms with Crippen molar-refractivity contribution >= 4 is 50.9 Å². The van der Waals surface area contributed by atoms with Crippen LogP contribution in [0.3, 0.4) is 0 Å². The number of likely N-dealkylation sites (N-methyl/N-ethyl adjacent to an activating group) is 1. The molecule has 0 aliphatic carbocycles. The van der Waals surface area contributed by atoms with Gasteiger partial charge in [-0.1, -0.05) is 29.5 Å². The van der Waals surface area contributed by atoms with Crippen LogP contribution in [0.2, 0.25) is 0 Å². The van der Waals surface area contributed by atoms with Gasteiger partial charge in [0.25, 0.3) is 11.8 Å². The molecule has 2 amide bonds. The fraction of sp³-hybridized carbons (Fsp3) is 0.192. The van der Waals surface area contributed by atoms with Gasteiger partial charge in [0.15, 0.2) is 16.1 Å². The second-order valence-electron chi connectivity index (χ2n) is 8.60. The summed E-state index contributed by atoms with van der Waals surface area (Å²) in [6.07, 6.45) is 0. The monoisotopic (exact) mass is 519 g/mol. The molecule has 9 nitrogen and oxygen atoms in total. The van der Waals surface area contributed by atoms with E-state index in [1.54, 1.807) is 38.1 Å². The number of methoxy groups -OCH3 is 1. The molecule has 37 heavy (non-hydrogen) atoms. The van der Waals surface area contributed by atoms with E-state index in [0.717, 1.165) is 28.4 Å². The van der Waals surface area contributed by atoms with E-state index in [-0.39, 0.29) is 38.8 Å². The Morgan fingerprint density at radius 1 is 1.19 bits per heavy atom. The Balaban J connectivity index is 1.76. The third-order valence-corrected chi connectivity index (χ3v) is 7.87. The van der Waals surface area contributed by atoms with Crippen LogP contribution in [0.15, 0.2) is 51.7 Å². The second-order valence-corrected chi connectivity index (χ2v) is 9.57. The molecule has 2 aliphatic rings. The molecule has 0 saturated heterocycles. The minimum atomic E-state index is -1.96. The number of thiazole rings is 1. The van der Waals surface area contributed by atoms with Crippen molar-refractivity contribution in [3.05, 3.63) is 86.0 Å². The van der Waals surface area contributed by atoms with Crippen molar-refractivity contribution in [1.29, 1.82) is 0 Å². The molecule has 2 aromatic heterocycles. The van der Waals surface area contributed by atoms with E-state index in [4.69, 9.17) is 9.15 Å². The van der Waals surface area contributed by atoms with Gasteiger partial charge in [-0.15, -0.1) is 0 Å². The SMILES string of the molecule is CCN1C(=O)C2(c3ccccc31)c1c(oc3ccc(F)cc3c1=O)C(=O)N2c1nc(C)c(C(=O)OC)s1. The van der Waals surface area contributed by atoms with Crippen LogP contribution in [0.4, 0.5) is 15.2 Å². The molecular formula is C26H18FN3O6S. The number of carbonyl (C=O) groups excluding carboxylic acids is 3. The molecule has 0 N–H and O–H groups in total. The van der Waals surface area contributed by atoms with Gasteiger partial charge in [0, 0.05) is 12.1 Å². The van der Waals surface area contributed by atoms with Crippen molar-refractivity contribution in [2.24, 2.45) is 0 Å². The van der Waals surface area contributed by atoms with Crippen LogP contribution in [0.5, 0.6) is 0 Å². The Morgan fingerprint density at radius 3 is 2.68 bits per heavy atom. The highest BCUT2D eigenvalue weighted by Gasteiger charge is 2.66. The van der Waals surface area contributed by atoms with Crippen molar-refractivity contribution in [3.63, 3.8) is 0 Å². The topological polar surface area (TPSA) is 110 Å². The molecule has 2 aromatic carbocycles. The standard InChI is InChI=1S/C26H18FN3O6S/c1-4-29-16-8-6-5-7-15(16)26(24(29)34)18-19(31)14-11-13(27)9-10-17(14)36-20(18)22(32)30(26)25-28-12(2)21(37-25)23(33)35-3/h5-11H,4H2,1-3H3. The van der Waals surface area contributed by atoms with Crippen LogP contribution in [0.1, 0.15) is 44.0 Å². The lowest BCUT2D eigenvalue weighted by Crippen LogP contribution is -2.53. The molecule has 4 aromatic rings. The molecular weight excluding hydrogens is 501 g/mol. The largest absolute Gasteiger partial charge is 0.465 e. The van der Waals surface area contributed by atoms with E-state index >= 15 is 0 Å². The average Bonchev–Trinajstić information content (AvgIpc) is 3.48. The maximum Gasteiger partial charge on any atom is 0.350 e. The number of aryl methyl sites for hydroxylation is 1. The highest BCUT2D eigenvalue weighted by Crippen LogP contribution is 2.54. The molecule has 0 saturated carbocycles. The van der Waals surface area contributed by atoms with E-state index in [1.807, 2.05) is 0 Å². The van der Waals surface area contributed by atoms with Gasteiger partial charge in [0.05, 0.1) is 29.4 Å². The zero-order chi connectivity index (χ0) is 26.2. The number of rotatable bonds is 3. The van der Waals surface area contributed by atoms with E-state index < -0.39 is 34.6 Å². The highest BCUT2D eigenvalue weighted by atomic mass is 32.1. The number of esters is 1. The summed E-state index contributed by atoms with van der Waals surface area (Å²) in [4.78, 5) is 61.8. The number of fused-ring (bicyclic) bond motifs is 5. The lowest BCUT2D eigenvalue weighted by atomic mass is 9.84. The number of carbonyl (C=O) groups is 3. The molecule has 186 valence electrons. The predicted octanol–water partition coefficient (Wildman–Crippen LogP) is 3.75. The van der Waals surface area contributed by atoms with Gasteiger partial charge in [-0.25, -0.2) is 14.2 Å².